The maximum absolute atomic E-state index is 12.8. The van der Waals surface area contributed by atoms with Crippen LogP contribution in [-0.4, -0.2) is 64.2 Å². The van der Waals surface area contributed by atoms with Crippen molar-refractivity contribution in [3.8, 4) is 0 Å². The smallest absolute Gasteiger partial charge is 0.194 e. The third-order valence-electron chi connectivity index (χ3n) is 5.79. The number of guanidine groups is 1. The average molecular weight is 395 g/mol. The third-order valence-corrected chi connectivity index (χ3v) is 8.37. The predicted octanol–water partition coefficient (Wildman–Crippen LogP) is 1.19. The molecule has 0 atom stereocenters. The van der Waals surface area contributed by atoms with E-state index in [1.54, 1.807) is 6.08 Å². The van der Waals surface area contributed by atoms with Gasteiger partial charge in [-0.05, 0) is 19.8 Å². The lowest BCUT2D eigenvalue weighted by Gasteiger charge is -2.45. The van der Waals surface area contributed by atoms with Crippen LogP contribution in [0.3, 0.4) is 0 Å². The Morgan fingerprint density at radius 1 is 1.33 bits per heavy atom. The number of nitrogens with one attached hydrogen (secondary N) is 1. The quantitative estimate of drug-likeness (QED) is 0.468. The molecule has 0 amide bonds. The first kappa shape index (κ1) is 19.9. The number of nitrogens with zero attached hydrogens (tertiary/aromatic N) is 5. The van der Waals surface area contributed by atoms with E-state index < -0.39 is 14.6 Å². The van der Waals surface area contributed by atoms with Gasteiger partial charge in [0.1, 0.15) is 12.4 Å². The Balaban J connectivity index is 1.82. The summed E-state index contributed by atoms with van der Waals surface area (Å²) in [5.41, 5.74) is 0. The lowest BCUT2D eigenvalue weighted by atomic mass is 9.87. The minimum atomic E-state index is -3.07. The molecule has 1 aliphatic heterocycles. The van der Waals surface area contributed by atoms with Crippen LogP contribution in [-0.2, 0) is 23.4 Å². The third kappa shape index (κ3) is 4.02. The van der Waals surface area contributed by atoms with E-state index >= 15 is 0 Å². The molecule has 0 aromatic carbocycles. The molecule has 1 N–H and O–H groups in total. The minimum absolute atomic E-state index is 0.185. The summed E-state index contributed by atoms with van der Waals surface area (Å²) in [6.07, 6.45) is 6.37. The van der Waals surface area contributed by atoms with Gasteiger partial charge in [0.25, 0.3) is 0 Å². The fraction of sp³-hybridized carbons (Fsp3) is 0.722. The predicted molar refractivity (Wildman–Crippen MR) is 106 cm³/mol. The van der Waals surface area contributed by atoms with Crippen LogP contribution < -0.4 is 5.32 Å². The molecule has 2 fully saturated rings. The summed E-state index contributed by atoms with van der Waals surface area (Å²) in [7, 11) is -1.16. The van der Waals surface area contributed by atoms with Crippen molar-refractivity contribution in [1.82, 2.24) is 25.0 Å². The Bertz CT molecular complexity index is 808. The summed E-state index contributed by atoms with van der Waals surface area (Å²) >= 11 is 0. The van der Waals surface area contributed by atoms with Gasteiger partial charge in [0, 0.05) is 26.7 Å². The number of rotatable bonds is 4. The van der Waals surface area contributed by atoms with E-state index in [9.17, 15) is 8.42 Å². The second kappa shape index (κ2) is 8.00. The fourth-order valence-electron chi connectivity index (χ4n) is 3.98. The summed E-state index contributed by atoms with van der Waals surface area (Å²) in [6, 6.07) is 0. The molecule has 8 nitrogen and oxygen atoms in total. The first-order chi connectivity index (χ1) is 12.9. The zero-order valence-corrected chi connectivity index (χ0v) is 17.1. The van der Waals surface area contributed by atoms with E-state index in [4.69, 9.17) is 4.99 Å². The van der Waals surface area contributed by atoms with E-state index in [0.29, 0.717) is 26.2 Å². The van der Waals surface area contributed by atoms with E-state index in [-0.39, 0.29) is 5.75 Å². The van der Waals surface area contributed by atoms with Crippen LogP contribution in [0.15, 0.2) is 17.6 Å². The van der Waals surface area contributed by atoms with Crippen LogP contribution in [0.25, 0.3) is 0 Å². The fourth-order valence-corrected chi connectivity index (χ4v) is 6.14. The molecule has 1 spiro atoms. The molecule has 27 heavy (non-hydrogen) atoms. The summed E-state index contributed by atoms with van der Waals surface area (Å²) < 4.78 is 27.0. The molecule has 0 bridgehead atoms. The van der Waals surface area contributed by atoms with Gasteiger partial charge in [0.2, 0.25) is 0 Å². The normalized spacial score (nSPS) is 22.0. The van der Waals surface area contributed by atoms with E-state index in [2.05, 4.69) is 27.0 Å². The standard InChI is InChI=1S/C18H30N6O2S/c1-4-10-19-17(20-13-16-22-21-15(2)23(16)3)24-11-12-27(25,26)18(14-24)8-6-5-7-9-18/h4H,1,5-14H2,2-3H3,(H,19,20). The van der Waals surface area contributed by atoms with Crippen molar-refractivity contribution < 1.29 is 8.42 Å². The first-order valence-corrected chi connectivity index (χ1v) is 11.3. The van der Waals surface area contributed by atoms with Crippen LogP contribution in [0.5, 0.6) is 0 Å². The Morgan fingerprint density at radius 2 is 2.07 bits per heavy atom. The van der Waals surface area contributed by atoms with Crippen LogP contribution in [0.4, 0.5) is 0 Å². The van der Waals surface area contributed by atoms with E-state index in [1.165, 1.54) is 0 Å². The Labute approximate surface area is 161 Å². The maximum Gasteiger partial charge on any atom is 0.194 e. The molecule has 2 heterocycles. The Hall–Kier alpha value is -1.90. The van der Waals surface area contributed by atoms with E-state index in [1.807, 2.05) is 18.5 Å². The molecule has 2 aliphatic rings. The molecule has 3 rings (SSSR count). The van der Waals surface area contributed by atoms with Crippen LogP contribution in [0, 0.1) is 6.92 Å². The van der Waals surface area contributed by atoms with Crippen LogP contribution in [0.2, 0.25) is 0 Å². The maximum atomic E-state index is 12.8. The van der Waals surface area contributed by atoms with E-state index in [0.717, 1.165) is 49.7 Å². The van der Waals surface area contributed by atoms with Gasteiger partial charge in [0.05, 0.1) is 10.5 Å². The van der Waals surface area contributed by atoms with Gasteiger partial charge >= 0.3 is 0 Å². The molecule has 0 radical (unpaired) electrons. The molecule has 0 unspecified atom stereocenters. The monoisotopic (exact) mass is 394 g/mol. The van der Waals surface area contributed by atoms with Gasteiger partial charge in [-0.15, -0.1) is 16.8 Å². The zero-order valence-electron chi connectivity index (χ0n) is 16.3. The Morgan fingerprint density at radius 3 is 2.70 bits per heavy atom. The van der Waals surface area contributed by atoms with Gasteiger partial charge in [-0.3, -0.25) is 0 Å². The molecule has 1 saturated heterocycles. The van der Waals surface area contributed by atoms with Crippen molar-refractivity contribution in [2.75, 3.05) is 25.4 Å². The number of aliphatic imine (C=N–C) groups is 1. The summed E-state index contributed by atoms with van der Waals surface area (Å²) in [6.45, 7) is 7.61. The van der Waals surface area contributed by atoms with Gasteiger partial charge in [-0.25, -0.2) is 13.4 Å². The molecule has 1 aromatic rings. The highest BCUT2D eigenvalue weighted by atomic mass is 32.2. The van der Waals surface area contributed by atoms with Crippen molar-refractivity contribution in [3.05, 3.63) is 24.3 Å². The van der Waals surface area contributed by atoms with Gasteiger partial charge in [0.15, 0.2) is 21.6 Å². The van der Waals surface area contributed by atoms with Gasteiger partial charge in [-0.1, -0.05) is 25.3 Å². The summed E-state index contributed by atoms with van der Waals surface area (Å²) in [5.74, 6) is 2.52. The number of hydrogen-bond donors (Lipinski definition) is 1. The number of aryl methyl sites for hydroxylation is 1. The average Bonchev–Trinajstić information content (AvgIpc) is 2.97. The minimum Gasteiger partial charge on any atom is -0.353 e. The van der Waals surface area contributed by atoms with Crippen LogP contribution >= 0.6 is 0 Å². The number of hydrogen-bond acceptors (Lipinski definition) is 5. The molecule has 1 saturated carbocycles. The van der Waals surface area contributed by atoms with Crippen molar-refractivity contribution in [2.45, 2.75) is 50.3 Å². The molecule has 1 aliphatic carbocycles. The summed E-state index contributed by atoms with van der Waals surface area (Å²) in [4.78, 5) is 6.82. The highest BCUT2D eigenvalue weighted by molar-refractivity contribution is 7.92. The van der Waals surface area contributed by atoms with Crippen molar-refractivity contribution >= 4 is 15.8 Å². The van der Waals surface area contributed by atoms with Gasteiger partial charge < -0.3 is 14.8 Å². The number of aromatic nitrogens is 3. The summed E-state index contributed by atoms with van der Waals surface area (Å²) in [5, 5.41) is 11.5. The zero-order chi connectivity index (χ0) is 19.5. The highest BCUT2D eigenvalue weighted by Crippen LogP contribution is 2.38. The van der Waals surface area contributed by atoms with Crippen molar-refractivity contribution in [2.24, 2.45) is 12.0 Å². The number of sulfone groups is 1. The Kier molecular flexibility index (Phi) is 5.88. The second-order valence-corrected chi connectivity index (χ2v) is 10.0. The highest BCUT2D eigenvalue weighted by Gasteiger charge is 2.48. The van der Waals surface area contributed by atoms with Crippen molar-refractivity contribution in [1.29, 1.82) is 0 Å². The van der Waals surface area contributed by atoms with Crippen molar-refractivity contribution in [3.63, 3.8) is 0 Å². The molecule has 1 aromatic heterocycles. The molecule has 9 heteroatoms. The molecular formula is C18H30N6O2S. The molecule has 150 valence electrons. The largest absolute Gasteiger partial charge is 0.353 e. The topological polar surface area (TPSA) is 92.5 Å². The molecular weight excluding hydrogens is 364 g/mol. The SMILES string of the molecule is C=CCNC(=NCc1nnc(C)n1C)N1CCS(=O)(=O)C2(CCCCC2)C1. The lowest BCUT2D eigenvalue weighted by Crippen LogP contribution is -2.60. The van der Waals surface area contributed by atoms with Gasteiger partial charge in [-0.2, -0.15) is 0 Å². The first-order valence-electron chi connectivity index (χ1n) is 9.60. The second-order valence-electron chi connectivity index (χ2n) is 7.52. The lowest BCUT2D eigenvalue weighted by molar-refractivity contribution is 0.274. The van der Waals surface area contributed by atoms with Crippen LogP contribution in [0.1, 0.15) is 43.8 Å².